The van der Waals surface area contributed by atoms with Gasteiger partial charge in [-0.1, -0.05) is 36.2 Å². The molecule has 5 heteroatoms. The summed E-state index contributed by atoms with van der Waals surface area (Å²) >= 11 is 12.0. The Morgan fingerprint density at radius 2 is 2.00 bits per heavy atom. The monoisotopic (exact) mass is 288 g/mol. The Hall–Kier alpha value is -0.770. The van der Waals surface area contributed by atoms with E-state index in [0.29, 0.717) is 28.8 Å². The second-order valence-corrected chi connectivity index (χ2v) is 4.98. The van der Waals surface area contributed by atoms with Gasteiger partial charge in [-0.2, -0.15) is 0 Å². The SMILES string of the molecule is CCCOC1C(=O)CC1Oc1c(Cl)cccc1Cl. The van der Waals surface area contributed by atoms with Crippen LogP contribution in [0.5, 0.6) is 5.75 Å². The van der Waals surface area contributed by atoms with Gasteiger partial charge in [0.2, 0.25) is 0 Å². The normalized spacial score (nSPS) is 22.7. The molecule has 2 atom stereocenters. The van der Waals surface area contributed by atoms with E-state index in [-0.39, 0.29) is 11.9 Å². The second-order valence-electron chi connectivity index (χ2n) is 4.17. The van der Waals surface area contributed by atoms with Crippen LogP contribution in [0.15, 0.2) is 18.2 Å². The van der Waals surface area contributed by atoms with Crippen molar-refractivity contribution in [1.82, 2.24) is 0 Å². The fraction of sp³-hybridized carbons (Fsp3) is 0.462. The van der Waals surface area contributed by atoms with Crippen LogP contribution in [-0.2, 0) is 9.53 Å². The zero-order valence-corrected chi connectivity index (χ0v) is 11.5. The van der Waals surface area contributed by atoms with Crippen molar-refractivity contribution in [2.24, 2.45) is 0 Å². The number of ketones is 1. The van der Waals surface area contributed by atoms with E-state index in [1.54, 1.807) is 18.2 Å². The first-order chi connectivity index (χ1) is 8.63. The minimum absolute atomic E-state index is 0.0663. The van der Waals surface area contributed by atoms with Gasteiger partial charge in [0.15, 0.2) is 17.6 Å². The zero-order valence-electron chi connectivity index (χ0n) is 9.99. The van der Waals surface area contributed by atoms with Gasteiger partial charge in [-0.15, -0.1) is 0 Å². The maximum absolute atomic E-state index is 11.4. The molecule has 0 bridgehead atoms. The molecular formula is C13H14Cl2O3. The van der Waals surface area contributed by atoms with Crippen molar-refractivity contribution in [1.29, 1.82) is 0 Å². The molecule has 0 N–H and O–H groups in total. The van der Waals surface area contributed by atoms with Gasteiger partial charge in [0.25, 0.3) is 0 Å². The molecule has 1 aromatic carbocycles. The number of Topliss-reactive ketones (excluding diaryl/α,β-unsaturated/α-hetero) is 1. The molecule has 2 rings (SSSR count). The average Bonchev–Trinajstić information content (AvgIpc) is 2.33. The summed E-state index contributed by atoms with van der Waals surface area (Å²) in [6, 6.07) is 5.14. The molecule has 1 aliphatic carbocycles. The van der Waals surface area contributed by atoms with Crippen LogP contribution >= 0.6 is 23.2 Å². The molecule has 1 aliphatic rings. The fourth-order valence-corrected chi connectivity index (χ4v) is 2.25. The lowest BCUT2D eigenvalue weighted by Gasteiger charge is -2.35. The maximum atomic E-state index is 11.4. The van der Waals surface area contributed by atoms with E-state index in [1.165, 1.54) is 0 Å². The van der Waals surface area contributed by atoms with Gasteiger partial charge >= 0.3 is 0 Å². The summed E-state index contributed by atoms with van der Waals surface area (Å²) in [5.41, 5.74) is 0. The van der Waals surface area contributed by atoms with Crippen LogP contribution in [0, 0.1) is 0 Å². The summed E-state index contributed by atoms with van der Waals surface area (Å²) in [6.45, 7) is 2.54. The molecule has 18 heavy (non-hydrogen) atoms. The van der Waals surface area contributed by atoms with Crippen LogP contribution < -0.4 is 4.74 Å². The van der Waals surface area contributed by atoms with Crippen molar-refractivity contribution >= 4 is 29.0 Å². The Morgan fingerprint density at radius 1 is 1.33 bits per heavy atom. The third kappa shape index (κ3) is 2.79. The molecule has 0 heterocycles. The van der Waals surface area contributed by atoms with Crippen LogP contribution in [0.1, 0.15) is 19.8 Å². The highest BCUT2D eigenvalue weighted by Crippen LogP contribution is 2.36. The van der Waals surface area contributed by atoms with E-state index >= 15 is 0 Å². The molecule has 1 aromatic rings. The van der Waals surface area contributed by atoms with Crippen molar-refractivity contribution in [2.45, 2.75) is 32.0 Å². The summed E-state index contributed by atoms with van der Waals surface area (Å²) in [6.07, 6.45) is 0.429. The highest BCUT2D eigenvalue weighted by atomic mass is 35.5. The molecule has 1 saturated carbocycles. The fourth-order valence-electron chi connectivity index (χ4n) is 1.76. The first kappa shape index (κ1) is 13.7. The molecule has 2 unspecified atom stereocenters. The number of hydrogen-bond acceptors (Lipinski definition) is 3. The van der Waals surface area contributed by atoms with E-state index in [0.717, 1.165) is 6.42 Å². The highest BCUT2D eigenvalue weighted by Gasteiger charge is 2.43. The third-order valence-electron chi connectivity index (χ3n) is 2.75. The highest BCUT2D eigenvalue weighted by molar-refractivity contribution is 6.37. The van der Waals surface area contributed by atoms with Crippen LogP contribution in [0.3, 0.4) is 0 Å². The first-order valence-corrected chi connectivity index (χ1v) is 6.64. The number of carbonyl (C=O) groups excluding carboxylic acids is 1. The van der Waals surface area contributed by atoms with Crippen molar-refractivity contribution in [3.8, 4) is 5.75 Å². The van der Waals surface area contributed by atoms with Gasteiger partial charge < -0.3 is 9.47 Å². The molecule has 0 spiro atoms. The lowest BCUT2D eigenvalue weighted by molar-refractivity contribution is -0.154. The van der Waals surface area contributed by atoms with E-state index in [1.807, 2.05) is 6.92 Å². The van der Waals surface area contributed by atoms with Gasteiger partial charge in [0, 0.05) is 13.0 Å². The maximum Gasteiger partial charge on any atom is 0.169 e. The zero-order chi connectivity index (χ0) is 13.1. The Labute approximate surface area is 116 Å². The quantitative estimate of drug-likeness (QED) is 0.832. The molecule has 0 amide bonds. The summed E-state index contributed by atoms with van der Waals surface area (Å²) < 4.78 is 11.1. The Balaban J connectivity index is 2.03. The van der Waals surface area contributed by atoms with E-state index in [2.05, 4.69) is 0 Å². The molecule has 98 valence electrons. The van der Waals surface area contributed by atoms with E-state index in [9.17, 15) is 4.79 Å². The van der Waals surface area contributed by atoms with Crippen molar-refractivity contribution in [2.75, 3.05) is 6.61 Å². The standard InChI is InChI=1S/C13H14Cl2O3/c1-2-6-17-13-10(16)7-11(13)18-12-8(14)4-3-5-9(12)15/h3-5,11,13H,2,6-7H2,1H3. The Bertz CT molecular complexity index is 428. The topological polar surface area (TPSA) is 35.5 Å². The largest absolute Gasteiger partial charge is 0.484 e. The molecule has 0 radical (unpaired) electrons. The first-order valence-electron chi connectivity index (χ1n) is 5.88. The third-order valence-corrected chi connectivity index (χ3v) is 3.34. The molecule has 0 aromatic heterocycles. The van der Waals surface area contributed by atoms with Crippen LogP contribution in [0.2, 0.25) is 10.0 Å². The predicted octanol–water partition coefficient (Wildman–Crippen LogP) is 3.51. The summed E-state index contributed by atoms with van der Waals surface area (Å²) in [7, 11) is 0. The van der Waals surface area contributed by atoms with Crippen LogP contribution in [0.25, 0.3) is 0 Å². The summed E-state index contributed by atoms with van der Waals surface area (Å²) in [5, 5.41) is 0.882. The minimum Gasteiger partial charge on any atom is -0.484 e. The lowest BCUT2D eigenvalue weighted by Crippen LogP contribution is -2.52. The number of rotatable bonds is 5. The summed E-state index contributed by atoms with van der Waals surface area (Å²) in [5.74, 6) is 0.486. The van der Waals surface area contributed by atoms with Gasteiger partial charge in [0.05, 0.1) is 10.0 Å². The number of halogens is 2. The van der Waals surface area contributed by atoms with E-state index < -0.39 is 6.10 Å². The number of carbonyl (C=O) groups is 1. The average molecular weight is 289 g/mol. The smallest absolute Gasteiger partial charge is 0.169 e. The predicted molar refractivity (Wildman–Crippen MR) is 70.5 cm³/mol. The molecule has 0 aliphatic heterocycles. The molecule has 1 fully saturated rings. The van der Waals surface area contributed by atoms with Gasteiger partial charge in [-0.25, -0.2) is 0 Å². The number of benzene rings is 1. The van der Waals surface area contributed by atoms with Crippen molar-refractivity contribution < 1.29 is 14.3 Å². The minimum atomic E-state index is -0.489. The van der Waals surface area contributed by atoms with Crippen LogP contribution in [-0.4, -0.2) is 24.6 Å². The Morgan fingerprint density at radius 3 is 2.56 bits per heavy atom. The number of ether oxygens (including phenoxy) is 2. The van der Waals surface area contributed by atoms with E-state index in [4.69, 9.17) is 32.7 Å². The molecule has 3 nitrogen and oxygen atoms in total. The Kier molecular flexibility index (Phi) is 4.49. The van der Waals surface area contributed by atoms with Gasteiger partial charge in [0.1, 0.15) is 6.10 Å². The summed E-state index contributed by atoms with van der Waals surface area (Å²) in [4.78, 5) is 11.4. The number of hydrogen-bond donors (Lipinski definition) is 0. The van der Waals surface area contributed by atoms with Gasteiger partial charge in [-0.3, -0.25) is 4.79 Å². The van der Waals surface area contributed by atoms with Crippen LogP contribution in [0.4, 0.5) is 0 Å². The molecule has 0 saturated heterocycles. The van der Waals surface area contributed by atoms with Crippen molar-refractivity contribution in [3.63, 3.8) is 0 Å². The molecular weight excluding hydrogens is 275 g/mol. The van der Waals surface area contributed by atoms with Crippen molar-refractivity contribution in [3.05, 3.63) is 28.2 Å². The second kappa shape index (κ2) is 5.91. The number of para-hydroxylation sites is 1. The lowest BCUT2D eigenvalue weighted by atomic mass is 9.90. The van der Waals surface area contributed by atoms with Gasteiger partial charge in [-0.05, 0) is 18.6 Å².